The molecule has 3 rings (SSSR count). The third-order valence-corrected chi connectivity index (χ3v) is 3.57. The van der Waals surface area contributed by atoms with Crippen molar-refractivity contribution in [2.24, 2.45) is 0 Å². The molecule has 0 bridgehead atoms. The largest absolute Gasteiger partial charge is 0.481 e. The van der Waals surface area contributed by atoms with Crippen LogP contribution in [-0.2, 0) is 6.18 Å². The molecule has 1 aliphatic heterocycles. The maximum atomic E-state index is 12.7. The molecule has 8 heteroatoms. The minimum Gasteiger partial charge on any atom is -0.481 e. The second-order valence-electron chi connectivity index (χ2n) is 5.42. The van der Waals surface area contributed by atoms with E-state index in [-0.39, 0.29) is 25.5 Å². The second-order valence-corrected chi connectivity index (χ2v) is 5.42. The van der Waals surface area contributed by atoms with E-state index in [1.54, 1.807) is 18.2 Å². The van der Waals surface area contributed by atoms with Crippen LogP contribution in [0.15, 0.2) is 42.5 Å². The first kappa shape index (κ1) is 18.5. The molecule has 27 heavy (non-hydrogen) atoms. The molecule has 1 amide bonds. The van der Waals surface area contributed by atoms with Crippen LogP contribution in [0.2, 0.25) is 0 Å². The van der Waals surface area contributed by atoms with Crippen LogP contribution < -0.4 is 19.5 Å². The average molecular weight is 377 g/mol. The third kappa shape index (κ3) is 4.85. The minimum absolute atomic E-state index is 0.0143. The number of benzene rings is 2. The number of hydrogen-bond acceptors (Lipinski definition) is 4. The first-order valence-electron chi connectivity index (χ1n) is 7.87. The van der Waals surface area contributed by atoms with Crippen molar-refractivity contribution in [1.29, 1.82) is 0 Å². The van der Waals surface area contributed by atoms with Gasteiger partial charge in [-0.3, -0.25) is 4.79 Å². The Morgan fingerprint density at radius 2 is 1.93 bits per heavy atom. The molecule has 1 N–H and O–H groups in total. The van der Waals surface area contributed by atoms with Gasteiger partial charge in [-0.1, -0.05) is 17.9 Å². The van der Waals surface area contributed by atoms with Gasteiger partial charge in [0.1, 0.15) is 12.4 Å². The van der Waals surface area contributed by atoms with Crippen LogP contribution in [0.5, 0.6) is 17.2 Å². The summed E-state index contributed by atoms with van der Waals surface area (Å²) in [5.41, 5.74) is -0.957. The van der Waals surface area contributed by atoms with Crippen molar-refractivity contribution in [2.75, 3.05) is 19.9 Å². The molecule has 0 spiro atoms. The lowest BCUT2D eigenvalue weighted by atomic mass is 10.1. The molecule has 0 fully saturated rings. The molecule has 0 aromatic heterocycles. The van der Waals surface area contributed by atoms with Crippen molar-refractivity contribution in [3.05, 3.63) is 53.6 Å². The van der Waals surface area contributed by atoms with E-state index in [4.69, 9.17) is 14.2 Å². The maximum absolute atomic E-state index is 12.7. The molecule has 0 saturated carbocycles. The number of ether oxygens (including phenoxy) is 3. The highest BCUT2D eigenvalue weighted by atomic mass is 19.4. The first-order valence-corrected chi connectivity index (χ1v) is 7.87. The molecule has 0 atom stereocenters. The van der Waals surface area contributed by atoms with E-state index in [9.17, 15) is 18.0 Å². The van der Waals surface area contributed by atoms with Gasteiger partial charge in [0.15, 0.2) is 11.5 Å². The first-order chi connectivity index (χ1) is 12.9. The topological polar surface area (TPSA) is 56.8 Å². The van der Waals surface area contributed by atoms with Crippen LogP contribution in [0.1, 0.15) is 15.9 Å². The van der Waals surface area contributed by atoms with Crippen molar-refractivity contribution in [1.82, 2.24) is 5.32 Å². The van der Waals surface area contributed by atoms with Gasteiger partial charge in [0.05, 0.1) is 12.1 Å². The fourth-order valence-electron chi connectivity index (χ4n) is 2.26. The zero-order chi connectivity index (χ0) is 19.3. The third-order valence-electron chi connectivity index (χ3n) is 3.57. The van der Waals surface area contributed by atoms with Crippen LogP contribution in [0.25, 0.3) is 0 Å². The van der Waals surface area contributed by atoms with Gasteiger partial charge in [-0.25, -0.2) is 0 Å². The van der Waals surface area contributed by atoms with E-state index in [1.165, 1.54) is 12.1 Å². The molecular formula is C19H14F3NO4. The Kier molecular flexibility index (Phi) is 5.41. The summed E-state index contributed by atoms with van der Waals surface area (Å²) in [6, 6.07) is 9.31. The molecule has 1 aliphatic rings. The van der Waals surface area contributed by atoms with Gasteiger partial charge in [0.25, 0.3) is 5.91 Å². The number of fused-ring (bicyclic) bond motifs is 1. The monoisotopic (exact) mass is 377 g/mol. The summed E-state index contributed by atoms with van der Waals surface area (Å²) in [5, 5.41) is 2.44. The van der Waals surface area contributed by atoms with Crippen molar-refractivity contribution < 1.29 is 32.2 Å². The fraction of sp³-hybridized carbons (Fsp3) is 0.211. The number of hydrogen-bond donors (Lipinski definition) is 1. The normalized spacial score (nSPS) is 12.1. The zero-order valence-electron chi connectivity index (χ0n) is 13.9. The Hall–Kier alpha value is -3.34. The van der Waals surface area contributed by atoms with E-state index in [2.05, 4.69) is 17.2 Å². The lowest BCUT2D eigenvalue weighted by molar-refractivity contribution is -0.137. The number of halogens is 3. The minimum atomic E-state index is -4.50. The predicted molar refractivity (Wildman–Crippen MR) is 89.6 cm³/mol. The SMILES string of the molecule is O=C(NCC#CCOc1ccc2c(c1)OCO2)c1cccc(C(F)(F)F)c1. The molecule has 0 aliphatic carbocycles. The number of nitrogens with one attached hydrogen (secondary N) is 1. The maximum Gasteiger partial charge on any atom is 0.416 e. The summed E-state index contributed by atoms with van der Waals surface area (Å²) in [6.07, 6.45) is -4.50. The van der Waals surface area contributed by atoms with E-state index >= 15 is 0 Å². The molecule has 2 aromatic carbocycles. The summed E-state index contributed by atoms with van der Waals surface area (Å²) in [7, 11) is 0. The molecule has 0 saturated heterocycles. The Bertz CT molecular complexity index is 900. The van der Waals surface area contributed by atoms with E-state index in [0.29, 0.717) is 17.2 Å². The fourth-order valence-corrected chi connectivity index (χ4v) is 2.26. The predicted octanol–water partition coefficient (Wildman–Crippen LogP) is 3.25. The van der Waals surface area contributed by atoms with Crippen LogP contribution in [0, 0.1) is 11.8 Å². The smallest absolute Gasteiger partial charge is 0.416 e. The summed E-state index contributed by atoms with van der Waals surface area (Å²) in [5.74, 6) is 6.53. The number of alkyl halides is 3. The highest BCUT2D eigenvalue weighted by molar-refractivity contribution is 5.94. The van der Waals surface area contributed by atoms with Crippen molar-refractivity contribution in [3.8, 4) is 29.1 Å². The number of carbonyl (C=O) groups excluding carboxylic acids is 1. The second kappa shape index (κ2) is 7.91. The highest BCUT2D eigenvalue weighted by Crippen LogP contribution is 2.35. The lowest BCUT2D eigenvalue weighted by Gasteiger charge is -2.08. The summed E-state index contributed by atoms with van der Waals surface area (Å²) in [6.45, 7) is 0.239. The Balaban J connectivity index is 1.46. The van der Waals surface area contributed by atoms with Gasteiger partial charge in [-0.2, -0.15) is 13.2 Å². The highest BCUT2D eigenvalue weighted by Gasteiger charge is 2.30. The Morgan fingerprint density at radius 1 is 1.11 bits per heavy atom. The Morgan fingerprint density at radius 3 is 2.74 bits per heavy atom. The standard InChI is InChI=1S/C19H14F3NO4/c20-19(21,22)14-5-3-4-13(10-14)18(24)23-8-1-2-9-25-15-6-7-16-17(11-15)27-12-26-16/h3-7,10-11H,8-9,12H2,(H,23,24). The molecule has 2 aromatic rings. The van der Waals surface area contributed by atoms with Gasteiger partial charge in [-0.15, -0.1) is 0 Å². The molecule has 140 valence electrons. The lowest BCUT2D eigenvalue weighted by Crippen LogP contribution is -2.24. The van der Waals surface area contributed by atoms with Gasteiger partial charge in [0.2, 0.25) is 6.79 Å². The van der Waals surface area contributed by atoms with Crippen molar-refractivity contribution in [2.45, 2.75) is 6.18 Å². The van der Waals surface area contributed by atoms with Crippen LogP contribution in [-0.4, -0.2) is 25.9 Å². The van der Waals surface area contributed by atoms with E-state index in [1.807, 2.05) is 0 Å². The molecule has 1 heterocycles. The van der Waals surface area contributed by atoms with Gasteiger partial charge < -0.3 is 19.5 Å². The molecule has 0 radical (unpaired) electrons. The summed E-state index contributed by atoms with van der Waals surface area (Å²) >= 11 is 0. The van der Waals surface area contributed by atoms with Crippen LogP contribution >= 0.6 is 0 Å². The molecule has 0 unspecified atom stereocenters. The summed E-state index contributed by atoms with van der Waals surface area (Å²) in [4.78, 5) is 11.9. The van der Waals surface area contributed by atoms with Crippen LogP contribution in [0.4, 0.5) is 13.2 Å². The van der Waals surface area contributed by atoms with E-state index in [0.717, 1.165) is 12.1 Å². The van der Waals surface area contributed by atoms with Gasteiger partial charge in [-0.05, 0) is 30.3 Å². The van der Waals surface area contributed by atoms with Crippen LogP contribution in [0.3, 0.4) is 0 Å². The summed E-state index contributed by atoms with van der Waals surface area (Å²) < 4.78 is 53.8. The van der Waals surface area contributed by atoms with Gasteiger partial charge >= 0.3 is 6.18 Å². The quantitative estimate of drug-likeness (QED) is 0.832. The number of carbonyl (C=O) groups is 1. The molecule has 5 nitrogen and oxygen atoms in total. The number of amides is 1. The van der Waals surface area contributed by atoms with Gasteiger partial charge in [0, 0.05) is 11.6 Å². The van der Waals surface area contributed by atoms with Crippen molar-refractivity contribution in [3.63, 3.8) is 0 Å². The Labute approximate surface area is 153 Å². The van der Waals surface area contributed by atoms with Crippen molar-refractivity contribution >= 4 is 5.91 Å². The number of rotatable bonds is 4. The average Bonchev–Trinajstić information content (AvgIpc) is 3.11. The zero-order valence-corrected chi connectivity index (χ0v) is 13.9. The van der Waals surface area contributed by atoms with E-state index < -0.39 is 17.6 Å². The molecular weight excluding hydrogens is 363 g/mol.